The standard InChI is InChI=1S/C26H24N4O3/c1-16-5-12-24(19(4)13-16)29-25(26(31)27-21-9-6-17(2)18(3)14-21)15-23(28-29)20-7-10-22(11-8-20)30(32)33/h5-15H,1-4H3,(H,27,31). The molecule has 0 aliphatic rings. The van der Waals surface area contributed by atoms with E-state index in [1.54, 1.807) is 22.9 Å². The highest BCUT2D eigenvalue weighted by atomic mass is 16.6. The number of nitrogens with zero attached hydrogens (tertiary/aromatic N) is 3. The first kappa shape index (κ1) is 22.0. The third-order valence-corrected chi connectivity index (χ3v) is 5.66. The summed E-state index contributed by atoms with van der Waals surface area (Å²) in [5, 5.41) is 18.7. The minimum atomic E-state index is -0.444. The summed E-state index contributed by atoms with van der Waals surface area (Å²) in [4.78, 5) is 23.9. The molecule has 0 saturated heterocycles. The topological polar surface area (TPSA) is 90.1 Å². The number of hydrogen-bond acceptors (Lipinski definition) is 4. The second kappa shape index (κ2) is 8.70. The summed E-state index contributed by atoms with van der Waals surface area (Å²) >= 11 is 0. The van der Waals surface area contributed by atoms with E-state index in [2.05, 4.69) is 5.32 Å². The smallest absolute Gasteiger partial charge is 0.274 e. The van der Waals surface area contributed by atoms with Gasteiger partial charge in [0.15, 0.2) is 0 Å². The Morgan fingerprint density at radius 1 is 0.879 bits per heavy atom. The number of hydrogen-bond donors (Lipinski definition) is 1. The van der Waals surface area contributed by atoms with Gasteiger partial charge in [-0.25, -0.2) is 4.68 Å². The molecule has 1 heterocycles. The minimum absolute atomic E-state index is 0.000249. The molecular formula is C26H24N4O3. The number of aromatic nitrogens is 2. The number of carbonyl (C=O) groups is 1. The molecule has 0 unspecified atom stereocenters. The van der Waals surface area contributed by atoms with Gasteiger partial charge in [-0.05, 0) is 80.8 Å². The quantitative estimate of drug-likeness (QED) is 0.307. The third-order valence-electron chi connectivity index (χ3n) is 5.66. The van der Waals surface area contributed by atoms with E-state index in [9.17, 15) is 14.9 Å². The summed E-state index contributed by atoms with van der Waals surface area (Å²) in [5.41, 5.74) is 7.42. The molecule has 0 aliphatic carbocycles. The van der Waals surface area contributed by atoms with Gasteiger partial charge in [0.05, 0.1) is 16.3 Å². The summed E-state index contributed by atoms with van der Waals surface area (Å²) in [6.45, 7) is 8.00. The molecule has 0 aliphatic heterocycles. The summed E-state index contributed by atoms with van der Waals surface area (Å²) < 4.78 is 1.63. The maximum absolute atomic E-state index is 13.3. The lowest BCUT2D eigenvalue weighted by Gasteiger charge is -2.12. The van der Waals surface area contributed by atoms with Gasteiger partial charge >= 0.3 is 0 Å². The number of nitrogens with one attached hydrogen (secondary N) is 1. The fourth-order valence-electron chi connectivity index (χ4n) is 3.68. The van der Waals surface area contributed by atoms with Crippen molar-refractivity contribution in [3.63, 3.8) is 0 Å². The molecule has 1 amide bonds. The van der Waals surface area contributed by atoms with E-state index < -0.39 is 4.92 Å². The molecule has 7 nitrogen and oxygen atoms in total. The van der Waals surface area contributed by atoms with E-state index in [1.165, 1.54) is 12.1 Å². The molecule has 3 aromatic carbocycles. The molecule has 33 heavy (non-hydrogen) atoms. The summed E-state index contributed by atoms with van der Waals surface area (Å²) in [6.07, 6.45) is 0. The molecule has 0 radical (unpaired) electrons. The highest BCUT2D eigenvalue weighted by molar-refractivity contribution is 6.04. The highest BCUT2D eigenvalue weighted by Gasteiger charge is 2.20. The zero-order chi connectivity index (χ0) is 23.7. The number of benzene rings is 3. The van der Waals surface area contributed by atoms with Crippen molar-refractivity contribution in [2.24, 2.45) is 0 Å². The van der Waals surface area contributed by atoms with Crippen LogP contribution < -0.4 is 5.32 Å². The SMILES string of the molecule is Cc1ccc(-n2nc(-c3ccc([N+](=O)[O-])cc3)cc2C(=O)Nc2ccc(C)c(C)c2)c(C)c1. The van der Waals surface area contributed by atoms with Crippen LogP contribution in [0.25, 0.3) is 16.9 Å². The van der Waals surface area contributed by atoms with E-state index >= 15 is 0 Å². The first-order valence-corrected chi connectivity index (χ1v) is 10.5. The van der Waals surface area contributed by atoms with Crippen LogP contribution in [0.3, 0.4) is 0 Å². The van der Waals surface area contributed by atoms with Crippen LogP contribution in [0.2, 0.25) is 0 Å². The van der Waals surface area contributed by atoms with Gasteiger partial charge in [0.25, 0.3) is 11.6 Å². The van der Waals surface area contributed by atoms with Crippen LogP contribution in [-0.4, -0.2) is 20.6 Å². The van der Waals surface area contributed by atoms with Gasteiger partial charge in [0.1, 0.15) is 5.69 Å². The van der Waals surface area contributed by atoms with Crippen LogP contribution in [0.1, 0.15) is 32.7 Å². The maximum Gasteiger partial charge on any atom is 0.274 e. The average Bonchev–Trinajstić information content (AvgIpc) is 3.21. The van der Waals surface area contributed by atoms with Crippen LogP contribution in [0, 0.1) is 37.8 Å². The Bertz CT molecular complexity index is 1370. The summed E-state index contributed by atoms with van der Waals surface area (Å²) in [7, 11) is 0. The molecule has 166 valence electrons. The predicted molar refractivity (Wildman–Crippen MR) is 129 cm³/mol. The number of rotatable bonds is 5. The van der Waals surface area contributed by atoms with Crippen molar-refractivity contribution < 1.29 is 9.72 Å². The van der Waals surface area contributed by atoms with E-state index in [0.717, 1.165) is 27.9 Å². The van der Waals surface area contributed by atoms with E-state index in [1.807, 2.05) is 64.1 Å². The van der Waals surface area contributed by atoms with E-state index in [-0.39, 0.29) is 11.6 Å². The first-order valence-electron chi connectivity index (χ1n) is 10.5. The van der Waals surface area contributed by atoms with Crippen molar-refractivity contribution >= 4 is 17.3 Å². The van der Waals surface area contributed by atoms with Crippen LogP contribution in [0.5, 0.6) is 0 Å². The van der Waals surface area contributed by atoms with Crippen molar-refractivity contribution in [2.75, 3.05) is 5.32 Å². The van der Waals surface area contributed by atoms with E-state index in [4.69, 9.17) is 5.10 Å². The molecule has 0 saturated carbocycles. The number of anilines is 1. The zero-order valence-corrected chi connectivity index (χ0v) is 18.9. The molecule has 0 spiro atoms. The molecular weight excluding hydrogens is 416 g/mol. The van der Waals surface area contributed by atoms with Crippen molar-refractivity contribution in [2.45, 2.75) is 27.7 Å². The predicted octanol–water partition coefficient (Wildman–Crippen LogP) is 5.93. The summed E-state index contributed by atoms with van der Waals surface area (Å²) in [5.74, 6) is -0.293. The van der Waals surface area contributed by atoms with Crippen LogP contribution in [0.4, 0.5) is 11.4 Å². The molecule has 1 N–H and O–H groups in total. The second-order valence-electron chi connectivity index (χ2n) is 8.17. The largest absolute Gasteiger partial charge is 0.321 e. The molecule has 4 rings (SSSR count). The van der Waals surface area contributed by atoms with Gasteiger partial charge in [-0.1, -0.05) is 23.8 Å². The Labute approximate surface area is 191 Å². The van der Waals surface area contributed by atoms with Crippen molar-refractivity contribution in [3.05, 3.63) is 105 Å². The lowest BCUT2D eigenvalue weighted by molar-refractivity contribution is -0.384. The molecule has 0 fully saturated rings. The molecule has 4 aromatic rings. The lowest BCUT2D eigenvalue weighted by Crippen LogP contribution is -2.17. The number of aryl methyl sites for hydroxylation is 4. The summed E-state index contributed by atoms with van der Waals surface area (Å²) in [6, 6.07) is 19.6. The molecule has 1 aromatic heterocycles. The highest BCUT2D eigenvalue weighted by Crippen LogP contribution is 2.26. The number of nitro groups is 1. The van der Waals surface area contributed by atoms with Crippen LogP contribution in [0.15, 0.2) is 66.7 Å². The maximum atomic E-state index is 13.3. The van der Waals surface area contributed by atoms with Crippen molar-refractivity contribution in [3.8, 4) is 16.9 Å². The first-order chi connectivity index (χ1) is 15.7. The number of nitro benzene ring substituents is 1. The van der Waals surface area contributed by atoms with Gasteiger partial charge in [0.2, 0.25) is 0 Å². The Morgan fingerprint density at radius 2 is 1.61 bits per heavy atom. The average molecular weight is 441 g/mol. The van der Waals surface area contributed by atoms with Crippen LogP contribution >= 0.6 is 0 Å². The zero-order valence-electron chi connectivity index (χ0n) is 18.9. The third kappa shape index (κ3) is 4.52. The molecule has 7 heteroatoms. The Balaban J connectivity index is 1.78. The number of non-ortho nitro benzene ring substituents is 1. The fraction of sp³-hybridized carbons (Fsp3) is 0.154. The van der Waals surface area contributed by atoms with Crippen LogP contribution in [-0.2, 0) is 0 Å². The van der Waals surface area contributed by atoms with Gasteiger partial charge in [-0.3, -0.25) is 14.9 Å². The number of carbonyl (C=O) groups excluding carboxylic acids is 1. The Morgan fingerprint density at radius 3 is 2.24 bits per heavy atom. The monoisotopic (exact) mass is 440 g/mol. The van der Waals surface area contributed by atoms with E-state index in [0.29, 0.717) is 22.6 Å². The molecule has 0 bridgehead atoms. The molecule has 0 atom stereocenters. The van der Waals surface area contributed by atoms with Crippen molar-refractivity contribution in [1.82, 2.24) is 9.78 Å². The number of amides is 1. The minimum Gasteiger partial charge on any atom is -0.321 e. The Kier molecular flexibility index (Phi) is 5.79. The fourth-order valence-corrected chi connectivity index (χ4v) is 3.68. The normalized spacial score (nSPS) is 10.8. The Hall–Kier alpha value is -4.26. The van der Waals surface area contributed by atoms with Gasteiger partial charge in [-0.15, -0.1) is 0 Å². The van der Waals surface area contributed by atoms with Gasteiger partial charge in [0, 0.05) is 23.4 Å². The van der Waals surface area contributed by atoms with Gasteiger partial charge in [-0.2, -0.15) is 5.10 Å². The van der Waals surface area contributed by atoms with Crippen molar-refractivity contribution in [1.29, 1.82) is 0 Å². The second-order valence-corrected chi connectivity index (χ2v) is 8.17. The van der Waals surface area contributed by atoms with Gasteiger partial charge < -0.3 is 5.32 Å². The lowest BCUT2D eigenvalue weighted by atomic mass is 10.1.